The summed E-state index contributed by atoms with van der Waals surface area (Å²) < 4.78 is 224. The number of hydrogen-bond donors (Lipinski definition) is 1. The number of rotatable bonds is 7. The first-order chi connectivity index (χ1) is 14.2. The van der Waals surface area contributed by atoms with Gasteiger partial charge in [0.05, 0.1) is 5.56 Å². The molecule has 33 heavy (non-hydrogen) atoms. The molecule has 0 aliphatic carbocycles. The third kappa shape index (κ3) is 3.77. The second-order valence-electron chi connectivity index (χ2n) is 6.18. The van der Waals surface area contributed by atoms with E-state index in [1.54, 1.807) is 0 Å². The van der Waals surface area contributed by atoms with Gasteiger partial charge in [-0.25, -0.2) is 0 Å². The van der Waals surface area contributed by atoms with E-state index in [1.807, 2.05) is 0 Å². The van der Waals surface area contributed by atoms with Crippen LogP contribution >= 0.6 is 15.9 Å². The van der Waals surface area contributed by atoms with Crippen molar-refractivity contribution in [2.75, 3.05) is 0 Å². The van der Waals surface area contributed by atoms with Gasteiger partial charge in [0.2, 0.25) is 0 Å². The van der Waals surface area contributed by atoms with E-state index in [9.17, 15) is 74.6 Å². The molecule has 0 aliphatic rings. The van der Waals surface area contributed by atoms with Crippen LogP contribution in [0.2, 0.25) is 0 Å². The molecular formula is C14H4BrF17O. The molecule has 192 valence electrons. The number of aromatic hydroxyl groups is 1. The highest BCUT2D eigenvalue weighted by Gasteiger charge is 2.95. The number of phenolic OH excluding ortho intramolecular Hbond substituents is 1. The fraction of sp³-hybridized carbons (Fsp3) is 0.571. The molecule has 0 aromatic heterocycles. The van der Waals surface area contributed by atoms with Gasteiger partial charge in [0, 0.05) is 4.47 Å². The van der Waals surface area contributed by atoms with Gasteiger partial charge in [-0.3, -0.25) is 0 Å². The van der Waals surface area contributed by atoms with E-state index in [2.05, 4.69) is 15.9 Å². The van der Waals surface area contributed by atoms with Crippen LogP contribution in [0.4, 0.5) is 74.6 Å². The summed E-state index contributed by atoms with van der Waals surface area (Å²) >= 11 is 2.31. The minimum atomic E-state index is -8.69. The molecule has 0 atom stereocenters. The molecule has 0 unspecified atom stereocenters. The van der Waals surface area contributed by atoms with E-state index in [1.165, 1.54) is 0 Å². The molecule has 0 radical (unpaired) electrons. The van der Waals surface area contributed by atoms with Gasteiger partial charge in [-0.15, -0.1) is 0 Å². The lowest BCUT2D eigenvalue weighted by atomic mass is 9.87. The number of benzene rings is 1. The maximum Gasteiger partial charge on any atom is 0.460 e. The average Bonchev–Trinajstić information content (AvgIpc) is 2.61. The number of alkyl halides is 17. The Hall–Kier alpha value is -1.69. The lowest BCUT2D eigenvalue weighted by molar-refractivity contribution is -0.462. The Bertz CT molecular complexity index is 888. The van der Waals surface area contributed by atoms with Crippen LogP contribution in [0.5, 0.6) is 5.75 Å². The fourth-order valence-electron chi connectivity index (χ4n) is 2.09. The minimum absolute atomic E-state index is 0.0757. The molecule has 1 nitrogen and oxygen atoms in total. The van der Waals surface area contributed by atoms with Gasteiger partial charge < -0.3 is 5.11 Å². The molecule has 1 aromatic carbocycles. The quantitative estimate of drug-likeness (QED) is 0.324. The van der Waals surface area contributed by atoms with Crippen LogP contribution in [0, 0.1) is 0 Å². The summed E-state index contributed by atoms with van der Waals surface area (Å²) in [6.07, 6.45) is -7.81. The fourth-order valence-corrected chi connectivity index (χ4v) is 2.45. The Labute approximate surface area is 178 Å². The zero-order valence-corrected chi connectivity index (χ0v) is 16.1. The summed E-state index contributed by atoms with van der Waals surface area (Å²) in [6, 6.07) is 0.349. The maximum atomic E-state index is 14.0. The Morgan fingerprint density at radius 2 is 0.848 bits per heavy atom. The van der Waals surface area contributed by atoms with Crippen LogP contribution in [0.3, 0.4) is 0 Å². The van der Waals surface area contributed by atoms with E-state index in [-0.39, 0.29) is 12.1 Å². The second-order valence-corrected chi connectivity index (χ2v) is 7.10. The summed E-state index contributed by atoms with van der Waals surface area (Å²) in [5, 5.41) is 9.13. The smallest absolute Gasteiger partial charge is 0.460 e. The predicted octanol–water partition coefficient (Wildman–Crippen LogP) is 7.62. The highest BCUT2D eigenvalue weighted by molar-refractivity contribution is 9.10. The second kappa shape index (κ2) is 7.66. The zero-order chi connectivity index (χ0) is 26.9. The maximum absolute atomic E-state index is 14.0. The molecule has 0 spiro atoms. The third-order valence-electron chi connectivity index (χ3n) is 4.02. The monoisotopic (exact) mass is 590 g/mol. The van der Waals surface area contributed by atoms with E-state index in [0.29, 0.717) is 6.07 Å². The first kappa shape index (κ1) is 29.3. The van der Waals surface area contributed by atoms with Gasteiger partial charge in [0.25, 0.3) is 0 Å². The van der Waals surface area contributed by atoms with Crippen molar-refractivity contribution < 1.29 is 79.7 Å². The van der Waals surface area contributed by atoms with E-state index in [4.69, 9.17) is 5.11 Å². The number of phenols is 1. The molecule has 0 fully saturated rings. The van der Waals surface area contributed by atoms with E-state index >= 15 is 0 Å². The van der Waals surface area contributed by atoms with Crippen molar-refractivity contribution in [3.05, 3.63) is 28.2 Å². The molecule has 0 heterocycles. The molecular weight excluding hydrogens is 587 g/mol. The third-order valence-corrected chi connectivity index (χ3v) is 4.51. The molecule has 0 aliphatic heterocycles. The predicted molar refractivity (Wildman–Crippen MR) is 75.4 cm³/mol. The molecule has 0 amide bonds. The minimum Gasteiger partial charge on any atom is -0.507 e. The Kier molecular flexibility index (Phi) is 6.81. The van der Waals surface area contributed by atoms with Gasteiger partial charge in [-0.2, -0.15) is 74.6 Å². The van der Waals surface area contributed by atoms with E-state index < -0.39 is 63.4 Å². The number of hydrogen-bond acceptors (Lipinski definition) is 1. The summed E-state index contributed by atoms with van der Waals surface area (Å²) in [7, 11) is 0. The summed E-state index contributed by atoms with van der Waals surface area (Å²) in [4.78, 5) is 0. The van der Waals surface area contributed by atoms with E-state index in [0.717, 1.165) is 0 Å². The van der Waals surface area contributed by atoms with Crippen molar-refractivity contribution in [3.63, 3.8) is 0 Å². The number of halogens is 18. The van der Waals surface area contributed by atoms with Crippen LogP contribution in [-0.2, 0) is 5.92 Å². The van der Waals surface area contributed by atoms with Gasteiger partial charge in [-0.05, 0) is 18.2 Å². The average molecular weight is 591 g/mol. The van der Waals surface area contributed by atoms with Crippen molar-refractivity contribution in [3.8, 4) is 5.75 Å². The zero-order valence-electron chi connectivity index (χ0n) is 14.5. The summed E-state index contributed by atoms with van der Waals surface area (Å²) in [6.45, 7) is 0. The first-order valence-corrected chi connectivity index (χ1v) is 8.16. The van der Waals surface area contributed by atoms with Crippen LogP contribution < -0.4 is 0 Å². The SMILES string of the molecule is Oc1ccc(Br)cc1C(F)(F)C(F)(F)C(F)(F)C(F)(F)C(F)(F)C(F)(F)C(F)(F)C(F)(F)F. The molecule has 19 heteroatoms. The molecule has 1 rings (SSSR count). The molecule has 1 aromatic rings. The molecule has 1 N–H and O–H groups in total. The van der Waals surface area contributed by atoms with Crippen molar-refractivity contribution in [1.29, 1.82) is 0 Å². The van der Waals surface area contributed by atoms with Gasteiger partial charge in [-0.1, -0.05) is 15.9 Å². The topological polar surface area (TPSA) is 20.2 Å². The van der Waals surface area contributed by atoms with Gasteiger partial charge in [0.1, 0.15) is 5.75 Å². The van der Waals surface area contributed by atoms with Crippen molar-refractivity contribution in [2.24, 2.45) is 0 Å². The van der Waals surface area contributed by atoms with Crippen molar-refractivity contribution >= 4 is 15.9 Å². The molecule has 0 bridgehead atoms. The lowest BCUT2D eigenvalue weighted by Crippen LogP contribution is -2.74. The van der Waals surface area contributed by atoms with Gasteiger partial charge in [0.15, 0.2) is 0 Å². The standard InChI is InChI=1S/C14H4BrF17O/c15-4-1-2-6(33)5(3-4)7(16,17)8(18,19)9(20,21)10(22,23)11(24,25)12(26,27)13(28,29)14(30,31)32/h1-3,33H. The Morgan fingerprint density at radius 1 is 0.515 bits per heavy atom. The Balaban J connectivity index is 3.78. The summed E-state index contributed by atoms with van der Waals surface area (Å²) in [5.41, 5.74) is -2.66. The highest BCUT2D eigenvalue weighted by Crippen LogP contribution is 2.65. The van der Waals surface area contributed by atoms with Crippen LogP contribution in [0.1, 0.15) is 5.56 Å². The van der Waals surface area contributed by atoms with Crippen molar-refractivity contribution in [2.45, 2.75) is 47.6 Å². The lowest BCUT2D eigenvalue weighted by Gasteiger charge is -2.42. The Morgan fingerprint density at radius 3 is 1.21 bits per heavy atom. The van der Waals surface area contributed by atoms with Crippen LogP contribution in [0.15, 0.2) is 22.7 Å². The first-order valence-electron chi connectivity index (χ1n) is 7.36. The normalized spacial score (nSPS) is 15.7. The van der Waals surface area contributed by atoms with Crippen LogP contribution in [-0.4, -0.2) is 46.8 Å². The highest BCUT2D eigenvalue weighted by atomic mass is 79.9. The van der Waals surface area contributed by atoms with Crippen LogP contribution in [0.25, 0.3) is 0 Å². The summed E-state index contributed by atoms with van der Waals surface area (Å²) in [5.74, 6) is -59.3. The molecule has 0 saturated heterocycles. The largest absolute Gasteiger partial charge is 0.507 e. The molecule has 0 saturated carbocycles. The van der Waals surface area contributed by atoms with Gasteiger partial charge >= 0.3 is 47.6 Å². The van der Waals surface area contributed by atoms with Crippen molar-refractivity contribution in [1.82, 2.24) is 0 Å².